The number of aromatic nitrogens is 2. The van der Waals surface area contributed by atoms with Crippen molar-refractivity contribution >= 4 is 39.2 Å². The number of fused-ring (bicyclic) bond motifs is 3. The van der Waals surface area contributed by atoms with Gasteiger partial charge in [0.05, 0.1) is 16.8 Å². The summed E-state index contributed by atoms with van der Waals surface area (Å²) in [5, 5.41) is 1.40. The lowest BCUT2D eigenvalue weighted by atomic mass is 9.97. The molecule has 3 heterocycles. The molecule has 1 aliphatic heterocycles. The molecule has 0 saturated carbocycles. The van der Waals surface area contributed by atoms with Crippen molar-refractivity contribution in [3.63, 3.8) is 0 Å². The maximum Gasteiger partial charge on any atom is 0.267 e. The lowest BCUT2D eigenvalue weighted by molar-refractivity contribution is -0.129. The number of amides is 1. The van der Waals surface area contributed by atoms with Gasteiger partial charge in [0.15, 0.2) is 5.16 Å². The van der Waals surface area contributed by atoms with Crippen LogP contribution in [0.1, 0.15) is 48.6 Å². The molecule has 0 spiro atoms. The third-order valence-electron chi connectivity index (χ3n) is 6.71. The quantitative estimate of drug-likeness (QED) is 0.401. The van der Waals surface area contributed by atoms with Crippen LogP contribution < -0.4 is 5.56 Å². The SMILES string of the molecule is Cc1ccc(-n2c(SCC(=O)N3CCC(C)CC3)nc3sc4c(c3c2=O)CCCC4)cc1. The molecule has 1 fully saturated rings. The van der Waals surface area contributed by atoms with Gasteiger partial charge in [-0.15, -0.1) is 11.3 Å². The van der Waals surface area contributed by atoms with Crippen LogP contribution in [0.25, 0.3) is 15.9 Å². The van der Waals surface area contributed by atoms with Crippen molar-refractivity contribution in [1.29, 1.82) is 0 Å². The molecule has 168 valence electrons. The number of hydrogen-bond acceptors (Lipinski definition) is 5. The fourth-order valence-electron chi connectivity index (χ4n) is 4.68. The fourth-order valence-corrected chi connectivity index (χ4v) is 6.90. The van der Waals surface area contributed by atoms with E-state index in [1.165, 1.54) is 28.6 Å². The molecule has 1 aliphatic carbocycles. The van der Waals surface area contributed by atoms with Crippen LogP contribution in [0.3, 0.4) is 0 Å². The van der Waals surface area contributed by atoms with E-state index in [4.69, 9.17) is 4.98 Å². The number of benzene rings is 1. The van der Waals surface area contributed by atoms with Gasteiger partial charge in [-0.2, -0.15) is 0 Å². The number of carbonyl (C=O) groups excluding carboxylic acids is 1. The molecule has 0 atom stereocenters. The summed E-state index contributed by atoms with van der Waals surface area (Å²) in [6, 6.07) is 7.98. The predicted molar refractivity (Wildman–Crippen MR) is 132 cm³/mol. The lowest BCUT2D eigenvalue weighted by Gasteiger charge is -2.30. The van der Waals surface area contributed by atoms with E-state index in [1.807, 2.05) is 36.1 Å². The lowest BCUT2D eigenvalue weighted by Crippen LogP contribution is -2.39. The molecule has 0 radical (unpaired) electrons. The Morgan fingerprint density at radius 3 is 2.62 bits per heavy atom. The molecular weight excluding hydrogens is 438 g/mol. The Balaban J connectivity index is 1.53. The molecule has 1 aromatic carbocycles. The highest BCUT2D eigenvalue weighted by molar-refractivity contribution is 7.99. The first-order valence-corrected chi connectivity index (χ1v) is 13.4. The predicted octanol–water partition coefficient (Wildman–Crippen LogP) is 4.99. The third kappa shape index (κ3) is 4.13. The maximum atomic E-state index is 13.8. The minimum absolute atomic E-state index is 0.000000611. The second kappa shape index (κ2) is 9.02. The van der Waals surface area contributed by atoms with Crippen LogP contribution in [-0.4, -0.2) is 39.2 Å². The first-order valence-electron chi connectivity index (χ1n) is 11.6. The molecule has 0 bridgehead atoms. The smallest absolute Gasteiger partial charge is 0.267 e. The summed E-state index contributed by atoms with van der Waals surface area (Å²) in [5.41, 5.74) is 3.16. The summed E-state index contributed by atoms with van der Waals surface area (Å²) >= 11 is 3.05. The van der Waals surface area contributed by atoms with E-state index in [0.29, 0.717) is 16.8 Å². The highest BCUT2D eigenvalue weighted by Crippen LogP contribution is 2.35. The number of likely N-dealkylation sites (tertiary alicyclic amines) is 1. The molecule has 2 aromatic heterocycles. The van der Waals surface area contributed by atoms with Crippen LogP contribution in [0, 0.1) is 12.8 Å². The minimum Gasteiger partial charge on any atom is -0.342 e. The summed E-state index contributed by atoms with van der Waals surface area (Å²) in [7, 11) is 0. The van der Waals surface area contributed by atoms with Crippen LogP contribution in [-0.2, 0) is 17.6 Å². The van der Waals surface area contributed by atoms with Crippen molar-refractivity contribution in [2.24, 2.45) is 5.92 Å². The Morgan fingerprint density at radius 1 is 1.16 bits per heavy atom. The van der Waals surface area contributed by atoms with Crippen LogP contribution in [0.5, 0.6) is 0 Å². The molecule has 1 amide bonds. The number of hydrogen-bond donors (Lipinski definition) is 0. The fraction of sp³-hybridized carbons (Fsp3) is 0.480. The van der Waals surface area contributed by atoms with Crippen LogP contribution in [0.4, 0.5) is 0 Å². The Morgan fingerprint density at radius 2 is 1.88 bits per heavy atom. The first-order chi connectivity index (χ1) is 15.5. The number of rotatable bonds is 4. The van der Waals surface area contributed by atoms with E-state index in [-0.39, 0.29) is 11.5 Å². The van der Waals surface area contributed by atoms with Crippen LogP contribution in [0.2, 0.25) is 0 Å². The maximum absolute atomic E-state index is 13.8. The monoisotopic (exact) mass is 467 g/mol. The van der Waals surface area contributed by atoms with Gasteiger partial charge in [0.1, 0.15) is 4.83 Å². The van der Waals surface area contributed by atoms with Gasteiger partial charge in [0, 0.05) is 18.0 Å². The first kappa shape index (κ1) is 21.7. The number of carbonyl (C=O) groups is 1. The van der Waals surface area contributed by atoms with Gasteiger partial charge in [-0.3, -0.25) is 14.2 Å². The van der Waals surface area contributed by atoms with E-state index in [9.17, 15) is 9.59 Å². The zero-order valence-corrected chi connectivity index (χ0v) is 20.4. The Labute approximate surface area is 196 Å². The van der Waals surface area contributed by atoms with Crippen molar-refractivity contribution in [3.8, 4) is 5.69 Å². The average Bonchev–Trinajstić information content (AvgIpc) is 3.17. The summed E-state index contributed by atoms with van der Waals surface area (Å²) in [5.74, 6) is 1.13. The summed E-state index contributed by atoms with van der Waals surface area (Å²) < 4.78 is 1.72. The Bertz CT molecular complexity index is 1200. The second-order valence-corrected chi connectivity index (χ2v) is 11.1. The highest BCUT2D eigenvalue weighted by Gasteiger charge is 2.25. The van der Waals surface area contributed by atoms with Crippen molar-refractivity contribution in [1.82, 2.24) is 14.5 Å². The van der Waals surface area contributed by atoms with E-state index < -0.39 is 0 Å². The molecule has 5 nitrogen and oxygen atoms in total. The molecular formula is C25H29N3O2S2. The van der Waals surface area contributed by atoms with Crippen molar-refractivity contribution < 1.29 is 4.79 Å². The molecule has 5 rings (SSSR count). The van der Waals surface area contributed by atoms with Crippen molar-refractivity contribution in [2.75, 3.05) is 18.8 Å². The molecule has 32 heavy (non-hydrogen) atoms. The number of piperidine rings is 1. The highest BCUT2D eigenvalue weighted by atomic mass is 32.2. The number of nitrogens with zero attached hydrogens (tertiary/aromatic N) is 3. The van der Waals surface area contributed by atoms with E-state index >= 15 is 0 Å². The van der Waals surface area contributed by atoms with Gasteiger partial charge in [0.25, 0.3) is 5.56 Å². The zero-order valence-electron chi connectivity index (χ0n) is 18.7. The third-order valence-corrected chi connectivity index (χ3v) is 8.82. The van der Waals surface area contributed by atoms with E-state index in [1.54, 1.807) is 15.9 Å². The molecule has 7 heteroatoms. The number of thioether (sulfide) groups is 1. The second-order valence-electron chi connectivity index (χ2n) is 9.11. The molecule has 3 aromatic rings. The Hall–Kier alpha value is -2.12. The Kier molecular flexibility index (Phi) is 6.12. The summed E-state index contributed by atoms with van der Waals surface area (Å²) in [4.78, 5) is 35.7. The van der Waals surface area contributed by atoms with Crippen LogP contribution >= 0.6 is 23.1 Å². The van der Waals surface area contributed by atoms with Gasteiger partial charge in [0.2, 0.25) is 5.91 Å². The van der Waals surface area contributed by atoms with E-state index in [0.717, 1.165) is 66.7 Å². The molecule has 0 unspecified atom stereocenters. The minimum atomic E-state index is -0.000000611. The molecule has 0 N–H and O–H groups in total. The summed E-state index contributed by atoms with van der Waals surface area (Å²) in [6.45, 7) is 5.94. The van der Waals surface area contributed by atoms with Crippen LogP contribution in [0.15, 0.2) is 34.2 Å². The zero-order chi connectivity index (χ0) is 22.2. The largest absolute Gasteiger partial charge is 0.342 e. The molecule has 2 aliphatic rings. The summed E-state index contributed by atoms with van der Waals surface area (Å²) in [6.07, 6.45) is 6.43. The topological polar surface area (TPSA) is 55.2 Å². The van der Waals surface area contributed by atoms with Gasteiger partial charge >= 0.3 is 0 Å². The van der Waals surface area contributed by atoms with Gasteiger partial charge in [-0.25, -0.2) is 4.98 Å². The van der Waals surface area contributed by atoms with Crippen molar-refractivity contribution in [2.45, 2.75) is 57.5 Å². The van der Waals surface area contributed by atoms with Gasteiger partial charge in [-0.1, -0.05) is 36.4 Å². The van der Waals surface area contributed by atoms with E-state index in [2.05, 4.69) is 6.92 Å². The van der Waals surface area contributed by atoms with Gasteiger partial charge in [-0.05, 0) is 69.1 Å². The number of aryl methyl sites for hydroxylation is 3. The normalized spacial score (nSPS) is 17.0. The number of thiophene rings is 1. The van der Waals surface area contributed by atoms with Crippen molar-refractivity contribution in [3.05, 3.63) is 50.6 Å². The van der Waals surface area contributed by atoms with Gasteiger partial charge < -0.3 is 4.90 Å². The molecule has 1 saturated heterocycles. The standard InChI is InChI=1S/C25H29N3O2S2/c1-16-7-9-18(10-8-16)28-24(30)22-19-5-3-4-6-20(19)32-23(22)26-25(28)31-15-21(29)27-13-11-17(2)12-14-27/h7-10,17H,3-6,11-15H2,1-2H3. The average molecular weight is 468 g/mol.